The van der Waals surface area contributed by atoms with E-state index in [1.165, 1.54) is 30.8 Å². The fraction of sp³-hybridized carbons (Fsp3) is 0.733. The summed E-state index contributed by atoms with van der Waals surface area (Å²) in [5.74, 6) is 0. The molecule has 0 saturated carbocycles. The maximum Gasteiger partial charge on any atom is 0.0416 e. The van der Waals surface area contributed by atoms with E-state index in [4.69, 9.17) is 5.73 Å². The molecule has 4 heteroatoms. The largest absolute Gasteiger partial charge is 0.329 e. The molecule has 1 aromatic heterocycles. The van der Waals surface area contributed by atoms with Gasteiger partial charge in [0.1, 0.15) is 0 Å². The highest BCUT2D eigenvalue weighted by Gasteiger charge is 2.38. The van der Waals surface area contributed by atoms with E-state index < -0.39 is 0 Å². The van der Waals surface area contributed by atoms with Crippen molar-refractivity contribution in [1.29, 1.82) is 0 Å². The van der Waals surface area contributed by atoms with Gasteiger partial charge in [-0.2, -0.15) is 0 Å². The lowest BCUT2D eigenvalue weighted by atomic mass is 9.85. The molecule has 2 rings (SSSR count). The predicted octanol–water partition coefficient (Wildman–Crippen LogP) is 2.55. The van der Waals surface area contributed by atoms with Crippen LogP contribution in [0.25, 0.3) is 0 Å². The zero-order valence-electron chi connectivity index (χ0n) is 12.4. The molecule has 0 aromatic carbocycles. The first kappa shape index (κ1) is 15.0. The van der Waals surface area contributed by atoms with Gasteiger partial charge in [-0.05, 0) is 57.9 Å². The molecule has 0 bridgehead atoms. The summed E-state index contributed by atoms with van der Waals surface area (Å²) in [6.45, 7) is 8.81. The Hall–Kier alpha value is -0.420. The van der Waals surface area contributed by atoms with E-state index in [1.807, 2.05) is 11.3 Å². The molecular formula is C15H27N3S. The van der Waals surface area contributed by atoms with Crippen molar-refractivity contribution in [1.82, 2.24) is 9.80 Å². The Morgan fingerprint density at radius 1 is 1.47 bits per heavy atom. The number of rotatable bonds is 5. The number of hydrogen-bond acceptors (Lipinski definition) is 4. The number of thiophene rings is 1. The molecule has 1 atom stereocenters. The summed E-state index contributed by atoms with van der Waals surface area (Å²) in [7, 11) is 2.25. The van der Waals surface area contributed by atoms with E-state index in [1.54, 1.807) is 0 Å². The molecule has 1 saturated heterocycles. The Bertz CT molecular complexity index is 369. The third kappa shape index (κ3) is 3.02. The lowest BCUT2D eigenvalue weighted by Crippen LogP contribution is -2.58. The Morgan fingerprint density at radius 3 is 2.63 bits per heavy atom. The maximum absolute atomic E-state index is 6.16. The van der Waals surface area contributed by atoms with Crippen LogP contribution < -0.4 is 5.73 Å². The molecule has 1 fully saturated rings. The van der Waals surface area contributed by atoms with Crippen LogP contribution in [0, 0.1) is 0 Å². The first-order valence-electron chi connectivity index (χ1n) is 7.31. The number of likely N-dealkylation sites (N-methyl/N-ethyl adjacent to an activating group) is 1. The van der Waals surface area contributed by atoms with Crippen LogP contribution in [-0.4, -0.2) is 48.6 Å². The zero-order chi connectivity index (χ0) is 13.9. The van der Waals surface area contributed by atoms with Crippen LogP contribution in [0.4, 0.5) is 0 Å². The number of likely N-dealkylation sites (tertiary alicyclic amines) is 1. The van der Waals surface area contributed by atoms with Gasteiger partial charge in [-0.1, -0.05) is 13.0 Å². The van der Waals surface area contributed by atoms with Gasteiger partial charge in [0.15, 0.2) is 0 Å². The molecule has 0 spiro atoms. The predicted molar refractivity (Wildman–Crippen MR) is 83.6 cm³/mol. The molecule has 2 heterocycles. The second-order valence-corrected chi connectivity index (χ2v) is 6.64. The highest BCUT2D eigenvalue weighted by molar-refractivity contribution is 7.10. The minimum absolute atomic E-state index is 0.176. The van der Waals surface area contributed by atoms with Gasteiger partial charge >= 0.3 is 0 Å². The van der Waals surface area contributed by atoms with Crippen LogP contribution in [0.3, 0.4) is 0 Å². The minimum Gasteiger partial charge on any atom is -0.329 e. The van der Waals surface area contributed by atoms with Gasteiger partial charge in [0, 0.05) is 23.0 Å². The van der Waals surface area contributed by atoms with Gasteiger partial charge in [-0.25, -0.2) is 0 Å². The molecule has 1 aliphatic heterocycles. The fourth-order valence-electron chi connectivity index (χ4n) is 3.12. The monoisotopic (exact) mass is 281 g/mol. The molecule has 3 nitrogen and oxygen atoms in total. The van der Waals surface area contributed by atoms with Crippen LogP contribution in [-0.2, 0) is 0 Å². The first-order chi connectivity index (χ1) is 9.13. The van der Waals surface area contributed by atoms with Crippen molar-refractivity contribution in [3.63, 3.8) is 0 Å². The number of hydrogen-bond donors (Lipinski definition) is 1. The van der Waals surface area contributed by atoms with Crippen LogP contribution in [0.5, 0.6) is 0 Å². The van der Waals surface area contributed by atoms with Crippen LogP contribution in [0.1, 0.15) is 37.6 Å². The second-order valence-electron chi connectivity index (χ2n) is 5.67. The zero-order valence-corrected chi connectivity index (χ0v) is 13.2. The quantitative estimate of drug-likeness (QED) is 0.900. The van der Waals surface area contributed by atoms with E-state index in [-0.39, 0.29) is 5.54 Å². The van der Waals surface area contributed by atoms with Crippen LogP contribution >= 0.6 is 11.3 Å². The number of nitrogens with two attached hydrogens (primary N) is 1. The summed E-state index contributed by atoms with van der Waals surface area (Å²) in [5, 5.41) is 2.16. The van der Waals surface area contributed by atoms with Crippen molar-refractivity contribution in [3.05, 3.63) is 22.4 Å². The van der Waals surface area contributed by atoms with Crippen molar-refractivity contribution in [3.8, 4) is 0 Å². The third-order valence-electron chi connectivity index (χ3n) is 4.90. The van der Waals surface area contributed by atoms with E-state index >= 15 is 0 Å². The maximum atomic E-state index is 6.16. The molecule has 1 aromatic rings. The standard InChI is InChI=1S/C15H27N3S/c1-4-18-9-7-15(12-16,8-10-18)17(3)13(2)14-6-5-11-19-14/h5-6,11,13H,4,7-10,12,16H2,1-3H3. The molecule has 0 amide bonds. The highest BCUT2D eigenvalue weighted by atomic mass is 32.1. The molecule has 19 heavy (non-hydrogen) atoms. The lowest BCUT2D eigenvalue weighted by Gasteiger charge is -2.49. The van der Waals surface area contributed by atoms with E-state index in [0.717, 1.165) is 13.1 Å². The summed E-state index contributed by atoms with van der Waals surface area (Å²) in [4.78, 5) is 6.48. The summed E-state index contributed by atoms with van der Waals surface area (Å²) in [6.07, 6.45) is 2.37. The Balaban J connectivity index is 2.08. The summed E-state index contributed by atoms with van der Waals surface area (Å²) >= 11 is 1.84. The molecular weight excluding hydrogens is 254 g/mol. The molecule has 2 N–H and O–H groups in total. The normalized spacial score (nSPS) is 21.7. The molecule has 108 valence electrons. The summed E-state index contributed by atoms with van der Waals surface area (Å²) < 4.78 is 0. The van der Waals surface area contributed by atoms with Gasteiger partial charge in [-0.3, -0.25) is 4.90 Å². The van der Waals surface area contributed by atoms with E-state index in [9.17, 15) is 0 Å². The van der Waals surface area contributed by atoms with Crippen molar-refractivity contribution in [2.75, 3.05) is 33.2 Å². The van der Waals surface area contributed by atoms with Crippen molar-refractivity contribution in [2.24, 2.45) is 5.73 Å². The number of nitrogens with zero attached hydrogens (tertiary/aromatic N) is 2. The Kier molecular flexibility index (Phi) is 5.01. The topological polar surface area (TPSA) is 32.5 Å². The Morgan fingerprint density at radius 2 is 2.16 bits per heavy atom. The smallest absolute Gasteiger partial charge is 0.0416 e. The van der Waals surface area contributed by atoms with Crippen molar-refractivity contribution >= 4 is 11.3 Å². The fourth-order valence-corrected chi connectivity index (χ4v) is 3.94. The van der Waals surface area contributed by atoms with E-state index in [2.05, 4.69) is 48.2 Å². The van der Waals surface area contributed by atoms with Gasteiger partial charge < -0.3 is 10.6 Å². The molecule has 1 unspecified atom stereocenters. The Labute approximate surface area is 121 Å². The average molecular weight is 281 g/mol. The summed E-state index contributed by atoms with van der Waals surface area (Å²) in [5.41, 5.74) is 6.34. The second kappa shape index (κ2) is 6.35. The molecule has 1 aliphatic rings. The van der Waals surface area contributed by atoms with E-state index in [0.29, 0.717) is 6.04 Å². The van der Waals surface area contributed by atoms with Gasteiger partial charge in [0.05, 0.1) is 0 Å². The molecule has 0 aliphatic carbocycles. The molecule has 0 radical (unpaired) electrons. The van der Waals surface area contributed by atoms with Gasteiger partial charge in [0.2, 0.25) is 0 Å². The average Bonchev–Trinajstić information content (AvgIpc) is 3.00. The SMILES string of the molecule is CCN1CCC(CN)(N(C)C(C)c2cccs2)CC1. The van der Waals surface area contributed by atoms with Gasteiger partial charge in [-0.15, -0.1) is 11.3 Å². The highest BCUT2D eigenvalue weighted by Crippen LogP contribution is 2.34. The van der Waals surface area contributed by atoms with Gasteiger partial charge in [0.25, 0.3) is 0 Å². The van der Waals surface area contributed by atoms with Crippen molar-refractivity contribution in [2.45, 2.75) is 38.3 Å². The first-order valence-corrected chi connectivity index (χ1v) is 8.19. The third-order valence-corrected chi connectivity index (χ3v) is 5.94. The minimum atomic E-state index is 0.176. The van der Waals surface area contributed by atoms with Crippen LogP contribution in [0.2, 0.25) is 0 Å². The van der Waals surface area contributed by atoms with Crippen LogP contribution in [0.15, 0.2) is 17.5 Å². The summed E-state index contributed by atoms with van der Waals surface area (Å²) in [6, 6.07) is 4.83. The van der Waals surface area contributed by atoms with Crippen molar-refractivity contribution < 1.29 is 0 Å². The lowest BCUT2D eigenvalue weighted by molar-refractivity contribution is 0.0228. The number of piperidine rings is 1.